The number of amides is 1. The van der Waals surface area contributed by atoms with Crippen LogP contribution in [0.1, 0.15) is 39.2 Å². The van der Waals surface area contributed by atoms with Gasteiger partial charge >= 0.3 is 0 Å². The van der Waals surface area contributed by atoms with Gasteiger partial charge in [-0.05, 0) is 43.4 Å². The molecule has 2 aromatic rings. The number of thiophene rings is 1. The number of carbonyl (C=O) groups is 1. The van der Waals surface area contributed by atoms with Crippen molar-refractivity contribution in [2.24, 2.45) is 0 Å². The lowest BCUT2D eigenvalue weighted by Gasteiger charge is -2.09. The Kier molecular flexibility index (Phi) is 3.90. The van der Waals surface area contributed by atoms with Gasteiger partial charge in [-0.25, -0.2) is 8.78 Å². The van der Waals surface area contributed by atoms with Crippen LogP contribution in [0.25, 0.3) is 0 Å². The van der Waals surface area contributed by atoms with Gasteiger partial charge in [-0.1, -0.05) is 0 Å². The third kappa shape index (κ3) is 2.60. The lowest BCUT2D eigenvalue weighted by atomic mass is 9.96. The number of hydrogen-bond acceptors (Lipinski definition) is 3. The Hall–Kier alpha value is -2.26. The van der Waals surface area contributed by atoms with Crippen molar-refractivity contribution in [2.75, 3.05) is 5.32 Å². The molecule has 1 N–H and O–H groups in total. The SMILES string of the molecule is N#Cc1c(NC(=O)c2ccc(F)cc2F)sc2c1CCCC2. The Bertz CT molecular complexity index is 792. The van der Waals surface area contributed by atoms with Crippen molar-refractivity contribution in [1.29, 1.82) is 5.26 Å². The Balaban J connectivity index is 1.91. The second-order valence-corrected chi connectivity index (χ2v) is 6.21. The first-order valence-electron chi connectivity index (χ1n) is 6.91. The van der Waals surface area contributed by atoms with Gasteiger partial charge in [0.05, 0.1) is 11.1 Å². The summed E-state index contributed by atoms with van der Waals surface area (Å²) in [6.07, 6.45) is 3.82. The summed E-state index contributed by atoms with van der Waals surface area (Å²) in [5, 5.41) is 12.4. The molecular formula is C16H12F2N2OS. The summed E-state index contributed by atoms with van der Waals surface area (Å²) in [5.41, 5.74) is 1.22. The quantitative estimate of drug-likeness (QED) is 0.909. The van der Waals surface area contributed by atoms with Crippen LogP contribution in [0, 0.1) is 23.0 Å². The average molecular weight is 318 g/mol. The number of hydrogen-bond donors (Lipinski definition) is 1. The van der Waals surface area contributed by atoms with Gasteiger partial charge in [0.1, 0.15) is 22.7 Å². The maximum atomic E-state index is 13.7. The molecule has 22 heavy (non-hydrogen) atoms. The van der Waals surface area contributed by atoms with Gasteiger partial charge in [0.25, 0.3) is 5.91 Å². The summed E-state index contributed by atoms with van der Waals surface area (Å²) >= 11 is 1.37. The van der Waals surface area contributed by atoms with Crippen molar-refractivity contribution >= 4 is 22.2 Å². The summed E-state index contributed by atoms with van der Waals surface area (Å²) in [5.74, 6) is -2.33. The first-order chi connectivity index (χ1) is 10.6. The number of nitriles is 1. The van der Waals surface area contributed by atoms with Crippen LogP contribution in [0.4, 0.5) is 13.8 Å². The van der Waals surface area contributed by atoms with Crippen LogP contribution in [0.2, 0.25) is 0 Å². The number of rotatable bonds is 2. The molecule has 1 aliphatic rings. The second-order valence-electron chi connectivity index (χ2n) is 5.11. The van der Waals surface area contributed by atoms with E-state index in [0.29, 0.717) is 16.6 Å². The molecule has 1 heterocycles. The molecule has 0 bridgehead atoms. The van der Waals surface area contributed by atoms with Crippen LogP contribution in [0.15, 0.2) is 18.2 Å². The maximum absolute atomic E-state index is 13.7. The van der Waals surface area contributed by atoms with Crippen LogP contribution >= 0.6 is 11.3 Å². The van der Waals surface area contributed by atoms with Gasteiger partial charge in [-0.2, -0.15) is 5.26 Å². The van der Waals surface area contributed by atoms with Crippen LogP contribution < -0.4 is 5.32 Å². The van der Waals surface area contributed by atoms with Crippen molar-refractivity contribution in [3.05, 3.63) is 51.4 Å². The first kappa shape index (κ1) is 14.7. The van der Waals surface area contributed by atoms with Crippen molar-refractivity contribution in [1.82, 2.24) is 0 Å². The largest absolute Gasteiger partial charge is 0.312 e. The lowest BCUT2D eigenvalue weighted by molar-refractivity contribution is 0.102. The summed E-state index contributed by atoms with van der Waals surface area (Å²) in [6, 6.07) is 4.92. The summed E-state index contributed by atoms with van der Waals surface area (Å²) < 4.78 is 26.5. The van der Waals surface area contributed by atoms with Crippen LogP contribution in [-0.2, 0) is 12.8 Å². The van der Waals surface area contributed by atoms with E-state index in [9.17, 15) is 18.8 Å². The standard InChI is InChI=1S/C16H12F2N2OS/c17-9-5-6-11(13(18)7-9)15(21)20-16-12(8-19)10-3-1-2-4-14(10)22-16/h5-7H,1-4H2,(H,20,21). The molecule has 1 aliphatic carbocycles. The van der Waals surface area contributed by atoms with Crippen molar-refractivity contribution < 1.29 is 13.6 Å². The van der Waals surface area contributed by atoms with E-state index in [1.807, 2.05) is 0 Å². The van der Waals surface area contributed by atoms with Crippen molar-refractivity contribution in [3.8, 4) is 6.07 Å². The van der Waals surface area contributed by atoms with E-state index in [4.69, 9.17) is 0 Å². The summed E-state index contributed by atoms with van der Waals surface area (Å²) in [6.45, 7) is 0. The Morgan fingerprint density at radius 3 is 2.77 bits per heavy atom. The number of anilines is 1. The number of nitrogens with one attached hydrogen (secondary N) is 1. The molecule has 1 aromatic heterocycles. The molecule has 0 saturated carbocycles. The van der Waals surface area contributed by atoms with Gasteiger partial charge in [0.2, 0.25) is 0 Å². The van der Waals surface area contributed by atoms with E-state index >= 15 is 0 Å². The van der Waals surface area contributed by atoms with E-state index < -0.39 is 17.5 Å². The number of aryl methyl sites for hydroxylation is 1. The molecule has 0 aliphatic heterocycles. The second kappa shape index (κ2) is 5.85. The highest BCUT2D eigenvalue weighted by Gasteiger charge is 2.22. The van der Waals surface area contributed by atoms with E-state index in [0.717, 1.165) is 48.3 Å². The molecule has 112 valence electrons. The minimum Gasteiger partial charge on any atom is -0.312 e. The van der Waals surface area contributed by atoms with Gasteiger partial charge in [-0.3, -0.25) is 4.79 Å². The van der Waals surface area contributed by atoms with E-state index in [-0.39, 0.29) is 5.56 Å². The highest BCUT2D eigenvalue weighted by Crippen LogP contribution is 2.37. The molecule has 3 rings (SSSR count). The van der Waals surface area contributed by atoms with Gasteiger partial charge in [-0.15, -0.1) is 11.3 Å². The monoisotopic (exact) mass is 318 g/mol. The molecule has 1 aromatic carbocycles. The number of nitrogens with zero attached hydrogens (tertiary/aromatic N) is 1. The Morgan fingerprint density at radius 1 is 1.27 bits per heavy atom. The van der Waals surface area contributed by atoms with E-state index in [1.54, 1.807) is 0 Å². The summed E-state index contributed by atoms with van der Waals surface area (Å²) in [7, 11) is 0. The molecule has 1 amide bonds. The zero-order valence-corrected chi connectivity index (χ0v) is 12.4. The Morgan fingerprint density at radius 2 is 2.05 bits per heavy atom. The molecule has 0 spiro atoms. The molecule has 0 unspecified atom stereocenters. The van der Waals surface area contributed by atoms with E-state index in [2.05, 4.69) is 11.4 Å². The molecular weight excluding hydrogens is 306 g/mol. The Labute approximate surface area is 130 Å². The number of fused-ring (bicyclic) bond motifs is 1. The third-order valence-corrected chi connectivity index (χ3v) is 4.89. The predicted octanol–water partition coefficient (Wildman–Crippen LogP) is 4.03. The maximum Gasteiger partial charge on any atom is 0.259 e. The van der Waals surface area contributed by atoms with Gasteiger partial charge in [0, 0.05) is 10.9 Å². The molecule has 0 fully saturated rings. The van der Waals surface area contributed by atoms with Crippen LogP contribution in [0.5, 0.6) is 0 Å². The van der Waals surface area contributed by atoms with Crippen molar-refractivity contribution in [3.63, 3.8) is 0 Å². The predicted molar refractivity (Wildman–Crippen MR) is 80.0 cm³/mol. The van der Waals surface area contributed by atoms with Crippen molar-refractivity contribution in [2.45, 2.75) is 25.7 Å². The van der Waals surface area contributed by atoms with E-state index in [1.165, 1.54) is 11.3 Å². The molecule has 0 saturated heterocycles. The number of halogens is 2. The minimum absolute atomic E-state index is 0.239. The normalized spacial score (nSPS) is 13.3. The van der Waals surface area contributed by atoms with Gasteiger partial charge in [0.15, 0.2) is 0 Å². The van der Waals surface area contributed by atoms with Crippen LogP contribution in [-0.4, -0.2) is 5.91 Å². The minimum atomic E-state index is -0.919. The first-order valence-corrected chi connectivity index (χ1v) is 7.73. The molecule has 0 radical (unpaired) electrons. The fourth-order valence-corrected chi connectivity index (χ4v) is 3.85. The highest BCUT2D eigenvalue weighted by molar-refractivity contribution is 7.16. The van der Waals surface area contributed by atoms with Gasteiger partial charge < -0.3 is 5.32 Å². The fourth-order valence-electron chi connectivity index (χ4n) is 2.62. The molecule has 3 nitrogen and oxygen atoms in total. The number of benzene rings is 1. The average Bonchev–Trinajstić information content (AvgIpc) is 2.83. The third-order valence-electron chi connectivity index (χ3n) is 3.69. The fraction of sp³-hybridized carbons (Fsp3) is 0.250. The lowest BCUT2D eigenvalue weighted by Crippen LogP contribution is -2.14. The zero-order chi connectivity index (χ0) is 15.7. The topological polar surface area (TPSA) is 52.9 Å². The zero-order valence-electron chi connectivity index (χ0n) is 11.6. The van der Waals surface area contributed by atoms with Crippen LogP contribution in [0.3, 0.4) is 0 Å². The highest BCUT2D eigenvalue weighted by atomic mass is 32.1. The summed E-state index contributed by atoms with van der Waals surface area (Å²) in [4.78, 5) is 13.3. The molecule has 6 heteroatoms. The number of carbonyl (C=O) groups excluding carboxylic acids is 1. The smallest absolute Gasteiger partial charge is 0.259 e. The molecule has 0 atom stereocenters.